The van der Waals surface area contributed by atoms with Crippen molar-refractivity contribution in [2.75, 3.05) is 47.4 Å². The molecule has 0 bridgehead atoms. The SMILES string of the molecule is CCCCCCCCOC(=O)O[C@@H]1CCN(CC#CC[N+](C)(C)C)C1=O.[I-]. The van der Waals surface area contributed by atoms with Crippen molar-refractivity contribution in [2.45, 2.75) is 58.0 Å². The van der Waals surface area contributed by atoms with E-state index < -0.39 is 12.3 Å². The molecule has 1 aliphatic rings. The maximum atomic E-state index is 12.2. The highest BCUT2D eigenvalue weighted by molar-refractivity contribution is 5.85. The third-order valence-electron chi connectivity index (χ3n) is 4.15. The summed E-state index contributed by atoms with van der Waals surface area (Å²) in [6.07, 6.45) is 5.78. The molecule has 1 atom stereocenters. The number of likely N-dealkylation sites (tertiary alicyclic amines) is 1. The molecule has 1 fully saturated rings. The Labute approximate surface area is 181 Å². The van der Waals surface area contributed by atoms with Gasteiger partial charge >= 0.3 is 6.16 Å². The highest BCUT2D eigenvalue weighted by Gasteiger charge is 2.34. The summed E-state index contributed by atoms with van der Waals surface area (Å²) in [7, 11) is 6.20. The number of carbonyl (C=O) groups excluding carboxylic acids is 2. The number of amides is 1. The van der Waals surface area contributed by atoms with Crippen molar-refractivity contribution in [3.05, 3.63) is 0 Å². The normalized spacial score (nSPS) is 16.4. The van der Waals surface area contributed by atoms with Gasteiger partial charge in [-0.2, -0.15) is 0 Å². The van der Waals surface area contributed by atoms with Crippen molar-refractivity contribution >= 4 is 12.1 Å². The van der Waals surface area contributed by atoms with Crippen LogP contribution >= 0.6 is 0 Å². The lowest BCUT2D eigenvalue weighted by molar-refractivity contribution is -0.862. The standard InChI is InChI=1S/C20H35N2O4.HI/c1-5-6-7-8-9-12-17-25-20(24)26-18-13-15-21(19(18)23)14-10-11-16-22(2,3)4;/h18H,5-9,12-17H2,1-4H3;1H/q+1;/p-1/t18-;/m1./s1. The van der Waals surface area contributed by atoms with Crippen molar-refractivity contribution < 1.29 is 47.5 Å². The molecule has 0 radical (unpaired) electrons. The van der Waals surface area contributed by atoms with E-state index in [1.165, 1.54) is 19.3 Å². The fourth-order valence-electron chi connectivity index (χ4n) is 2.61. The van der Waals surface area contributed by atoms with Crippen molar-refractivity contribution in [1.82, 2.24) is 4.90 Å². The van der Waals surface area contributed by atoms with E-state index in [1.54, 1.807) is 4.90 Å². The van der Waals surface area contributed by atoms with Gasteiger partial charge in [0, 0.05) is 13.0 Å². The summed E-state index contributed by atoms with van der Waals surface area (Å²) in [6, 6.07) is 0. The summed E-state index contributed by atoms with van der Waals surface area (Å²) in [5.74, 6) is 5.92. The lowest BCUT2D eigenvalue weighted by atomic mass is 10.1. The number of halogens is 1. The van der Waals surface area contributed by atoms with Crippen LogP contribution in [0.4, 0.5) is 4.79 Å². The van der Waals surface area contributed by atoms with Crippen LogP contribution in [0.5, 0.6) is 0 Å². The van der Waals surface area contributed by atoms with Gasteiger partial charge in [0.05, 0.1) is 34.3 Å². The van der Waals surface area contributed by atoms with Crippen LogP contribution in [0.1, 0.15) is 51.9 Å². The van der Waals surface area contributed by atoms with Gasteiger partial charge in [0.2, 0.25) is 0 Å². The number of quaternary nitrogens is 1. The van der Waals surface area contributed by atoms with Gasteiger partial charge in [0.15, 0.2) is 6.10 Å². The second-order valence-corrected chi connectivity index (χ2v) is 7.82. The first-order chi connectivity index (χ1) is 12.3. The first kappa shape index (κ1) is 26.0. The summed E-state index contributed by atoms with van der Waals surface area (Å²) < 4.78 is 11.0. The Kier molecular flexibility index (Phi) is 13.5. The molecule has 7 heteroatoms. The first-order valence-corrected chi connectivity index (χ1v) is 9.72. The topological polar surface area (TPSA) is 55.8 Å². The van der Waals surface area contributed by atoms with Gasteiger partial charge in [-0.05, 0) is 12.3 Å². The number of hydrogen-bond acceptors (Lipinski definition) is 4. The number of unbranched alkanes of at least 4 members (excludes halogenated alkanes) is 5. The number of ether oxygens (including phenoxy) is 2. The van der Waals surface area contributed by atoms with Gasteiger partial charge in [0.25, 0.3) is 5.91 Å². The molecule has 0 spiro atoms. The average molecular weight is 494 g/mol. The lowest BCUT2D eigenvalue weighted by Crippen LogP contribution is -3.00. The van der Waals surface area contributed by atoms with Crippen LogP contribution in [0.3, 0.4) is 0 Å². The van der Waals surface area contributed by atoms with Crippen molar-refractivity contribution in [2.24, 2.45) is 0 Å². The van der Waals surface area contributed by atoms with Crippen LogP contribution in [0.2, 0.25) is 0 Å². The molecule has 0 aromatic heterocycles. The van der Waals surface area contributed by atoms with E-state index in [-0.39, 0.29) is 29.9 Å². The first-order valence-electron chi connectivity index (χ1n) is 9.72. The minimum atomic E-state index is -0.741. The number of carbonyl (C=O) groups is 2. The Balaban J connectivity index is 0.00000676. The Bertz CT molecular complexity index is 508. The summed E-state index contributed by atoms with van der Waals surface area (Å²) in [5, 5.41) is 0. The zero-order valence-electron chi connectivity index (χ0n) is 17.3. The smallest absolute Gasteiger partial charge is 0.509 e. The van der Waals surface area contributed by atoms with Crippen LogP contribution in [-0.2, 0) is 14.3 Å². The molecule has 0 N–H and O–H groups in total. The molecule has 1 rings (SSSR count). The molecular weight excluding hydrogens is 459 g/mol. The van der Waals surface area contributed by atoms with Gasteiger partial charge in [-0.3, -0.25) is 4.79 Å². The Morgan fingerprint density at radius 3 is 2.48 bits per heavy atom. The van der Waals surface area contributed by atoms with Gasteiger partial charge in [-0.1, -0.05) is 44.9 Å². The maximum Gasteiger partial charge on any atom is 0.509 e. The molecule has 0 aromatic rings. The Morgan fingerprint density at radius 2 is 1.81 bits per heavy atom. The third kappa shape index (κ3) is 12.1. The molecular formula is C20H35IN2O4. The van der Waals surface area contributed by atoms with Crippen LogP contribution in [0.15, 0.2) is 0 Å². The van der Waals surface area contributed by atoms with E-state index in [0.717, 1.165) is 30.3 Å². The fourth-order valence-corrected chi connectivity index (χ4v) is 2.61. The zero-order valence-corrected chi connectivity index (χ0v) is 19.4. The molecule has 0 aliphatic carbocycles. The molecule has 1 saturated heterocycles. The van der Waals surface area contributed by atoms with Gasteiger partial charge in [-0.25, -0.2) is 4.79 Å². The maximum absolute atomic E-state index is 12.2. The van der Waals surface area contributed by atoms with E-state index in [0.29, 0.717) is 26.1 Å². The monoisotopic (exact) mass is 494 g/mol. The van der Waals surface area contributed by atoms with Crippen LogP contribution in [0.25, 0.3) is 0 Å². The minimum Gasteiger partial charge on any atom is -1.00 e. The zero-order chi connectivity index (χ0) is 19.4. The average Bonchev–Trinajstić information content (AvgIpc) is 2.90. The molecule has 0 unspecified atom stereocenters. The largest absolute Gasteiger partial charge is 1.00 e. The molecule has 1 aliphatic heterocycles. The Hall–Kier alpha value is -1.01. The van der Waals surface area contributed by atoms with E-state index in [4.69, 9.17) is 9.47 Å². The molecule has 1 amide bonds. The predicted molar refractivity (Wildman–Crippen MR) is 101 cm³/mol. The molecule has 156 valence electrons. The van der Waals surface area contributed by atoms with E-state index in [9.17, 15) is 9.59 Å². The van der Waals surface area contributed by atoms with Crippen LogP contribution in [-0.4, -0.2) is 74.9 Å². The van der Waals surface area contributed by atoms with Gasteiger partial charge in [-0.15, -0.1) is 0 Å². The quantitative estimate of drug-likeness (QED) is 0.139. The number of rotatable bonds is 10. The van der Waals surface area contributed by atoms with Gasteiger partial charge < -0.3 is 42.8 Å². The molecule has 0 saturated carbocycles. The van der Waals surface area contributed by atoms with E-state index in [1.807, 2.05) is 0 Å². The molecule has 6 nitrogen and oxygen atoms in total. The van der Waals surface area contributed by atoms with Gasteiger partial charge in [0.1, 0.15) is 6.54 Å². The third-order valence-corrected chi connectivity index (χ3v) is 4.15. The van der Waals surface area contributed by atoms with Crippen molar-refractivity contribution in [3.8, 4) is 11.8 Å². The highest BCUT2D eigenvalue weighted by atomic mass is 127. The summed E-state index contributed by atoms with van der Waals surface area (Å²) in [5.41, 5.74) is 0. The van der Waals surface area contributed by atoms with Crippen molar-refractivity contribution in [3.63, 3.8) is 0 Å². The van der Waals surface area contributed by atoms with E-state index in [2.05, 4.69) is 39.9 Å². The molecule has 0 aromatic carbocycles. The van der Waals surface area contributed by atoms with Crippen LogP contribution in [0, 0.1) is 11.8 Å². The van der Waals surface area contributed by atoms with Crippen LogP contribution < -0.4 is 24.0 Å². The summed E-state index contributed by atoms with van der Waals surface area (Å²) in [4.78, 5) is 25.6. The number of hydrogen-bond donors (Lipinski definition) is 0. The molecule has 1 heterocycles. The molecule has 27 heavy (non-hydrogen) atoms. The second kappa shape index (κ2) is 14.1. The lowest BCUT2D eigenvalue weighted by Gasteiger charge is -2.20. The highest BCUT2D eigenvalue weighted by Crippen LogP contribution is 2.15. The fraction of sp³-hybridized carbons (Fsp3) is 0.800. The predicted octanol–water partition coefficient (Wildman–Crippen LogP) is -0.185. The number of nitrogens with zero attached hydrogens (tertiary/aromatic N) is 2. The minimum absolute atomic E-state index is 0. The Morgan fingerprint density at radius 1 is 1.15 bits per heavy atom. The second-order valence-electron chi connectivity index (χ2n) is 7.82. The van der Waals surface area contributed by atoms with Crippen molar-refractivity contribution in [1.29, 1.82) is 0 Å². The summed E-state index contributed by atoms with van der Waals surface area (Å²) in [6.45, 7) is 4.21. The van der Waals surface area contributed by atoms with E-state index >= 15 is 0 Å². The summed E-state index contributed by atoms with van der Waals surface area (Å²) >= 11 is 0.